The number of fused-ring (bicyclic) bond motifs is 1. The lowest BCUT2D eigenvalue weighted by Gasteiger charge is -2.39. The minimum absolute atomic E-state index is 0.147. The van der Waals surface area contributed by atoms with E-state index in [2.05, 4.69) is 41.9 Å². The monoisotopic (exact) mass is 376 g/mol. The first-order valence-corrected chi connectivity index (χ1v) is 9.99. The average molecular weight is 377 g/mol. The molecule has 0 spiro atoms. The number of hydrogen-bond acceptors (Lipinski definition) is 3. The van der Waals surface area contributed by atoms with Crippen LogP contribution in [0.5, 0.6) is 11.5 Å². The van der Waals surface area contributed by atoms with Crippen molar-refractivity contribution in [2.45, 2.75) is 73.3 Å². The average Bonchev–Trinajstić information content (AvgIpc) is 2.53. The summed E-state index contributed by atoms with van der Waals surface area (Å²) in [7, 11) is 6.65. The van der Waals surface area contributed by atoms with Crippen molar-refractivity contribution in [3.05, 3.63) is 22.3 Å². The zero-order valence-electron chi connectivity index (χ0n) is 19.0. The van der Waals surface area contributed by atoms with Crippen LogP contribution in [0.2, 0.25) is 0 Å². The first-order chi connectivity index (χ1) is 12.1. The van der Waals surface area contributed by atoms with E-state index in [-0.39, 0.29) is 11.6 Å². The summed E-state index contributed by atoms with van der Waals surface area (Å²) in [6, 6.07) is 0. The molecule has 1 aromatic rings. The van der Waals surface area contributed by atoms with Crippen LogP contribution >= 0.6 is 0 Å². The molecule has 1 heterocycles. The molecule has 1 aliphatic rings. The van der Waals surface area contributed by atoms with Gasteiger partial charge in [-0.3, -0.25) is 4.79 Å². The van der Waals surface area contributed by atoms with Crippen molar-refractivity contribution in [2.24, 2.45) is 5.41 Å². The molecule has 0 aromatic heterocycles. The van der Waals surface area contributed by atoms with Gasteiger partial charge in [0.15, 0.2) is 0 Å². The molecule has 0 aliphatic carbocycles. The third-order valence-corrected chi connectivity index (χ3v) is 5.68. The number of quaternary nitrogens is 1. The zero-order valence-corrected chi connectivity index (χ0v) is 19.0. The van der Waals surface area contributed by atoms with Gasteiger partial charge in [0, 0.05) is 12.0 Å². The Bertz CT molecular complexity index is 738. The normalized spacial score (nSPS) is 20.1. The van der Waals surface area contributed by atoms with Crippen LogP contribution in [0.25, 0.3) is 0 Å². The Hall–Kier alpha value is -1.55. The summed E-state index contributed by atoms with van der Waals surface area (Å²) in [6.07, 6.45) is 2.96. The molecule has 152 valence electrons. The molecule has 0 radical (unpaired) electrons. The first-order valence-electron chi connectivity index (χ1n) is 9.99. The van der Waals surface area contributed by atoms with Crippen molar-refractivity contribution < 1.29 is 18.8 Å². The van der Waals surface area contributed by atoms with Crippen molar-refractivity contribution in [2.75, 3.05) is 27.7 Å². The largest absolute Gasteiger partial charge is 0.487 e. The molecule has 1 aliphatic heterocycles. The number of nitrogens with zero attached hydrogens (tertiary/aromatic N) is 1. The van der Waals surface area contributed by atoms with Crippen LogP contribution in [0, 0.1) is 26.2 Å². The SMILES string of the molecule is Cc1c(C)c2c(c(C)c1OC(=O)C(C)(C)C)CCC(C)(CC[N+](C)(C)C)O2. The highest BCUT2D eigenvalue weighted by molar-refractivity contribution is 5.79. The Morgan fingerprint density at radius 1 is 1.11 bits per heavy atom. The van der Waals surface area contributed by atoms with Crippen LogP contribution in [0.1, 0.15) is 62.8 Å². The van der Waals surface area contributed by atoms with E-state index in [1.54, 1.807) is 0 Å². The molecule has 27 heavy (non-hydrogen) atoms. The maximum absolute atomic E-state index is 12.4. The Morgan fingerprint density at radius 3 is 2.22 bits per heavy atom. The lowest BCUT2D eigenvalue weighted by molar-refractivity contribution is -0.871. The van der Waals surface area contributed by atoms with Crippen molar-refractivity contribution in [1.82, 2.24) is 0 Å². The highest BCUT2D eigenvalue weighted by atomic mass is 16.5. The predicted molar refractivity (Wildman–Crippen MR) is 111 cm³/mol. The minimum atomic E-state index is -0.525. The number of esters is 1. The molecular formula is C23H38NO3+. The van der Waals surface area contributed by atoms with E-state index in [1.165, 1.54) is 5.56 Å². The van der Waals surface area contributed by atoms with Crippen molar-refractivity contribution in [3.8, 4) is 11.5 Å². The van der Waals surface area contributed by atoms with Crippen molar-refractivity contribution >= 4 is 5.97 Å². The van der Waals surface area contributed by atoms with Crippen molar-refractivity contribution in [3.63, 3.8) is 0 Å². The summed E-state index contributed by atoms with van der Waals surface area (Å²) in [4.78, 5) is 12.4. The number of ether oxygens (including phenoxy) is 2. The highest BCUT2D eigenvalue weighted by Gasteiger charge is 2.36. The molecule has 0 saturated heterocycles. The molecule has 0 bridgehead atoms. The summed E-state index contributed by atoms with van der Waals surface area (Å²) in [5.41, 5.74) is 3.65. The topological polar surface area (TPSA) is 35.5 Å². The van der Waals surface area contributed by atoms with Crippen LogP contribution in [0.15, 0.2) is 0 Å². The fourth-order valence-corrected chi connectivity index (χ4v) is 3.43. The van der Waals surface area contributed by atoms with E-state index in [1.807, 2.05) is 27.7 Å². The fraction of sp³-hybridized carbons (Fsp3) is 0.696. The number of carbonyl (C=O) groups is 1. The third kappa shape index (κ3) is 4.84. The zero-order chi connectivity index (χ0) is 20.8. The second kappa shape index (κ2) is 7.12. The summed E-state index contributed by atoms with van der Waals surface area (Å²) < 4.78 is 13.4. The van der Waals surface area contributed by atoms with Crippen LogP contribution < -0.4 is 9.47 Å². The molecule has 0 N–H and O–H groups in total. The quantitative estimate of drug-likeness (QED) is 0.432. The van der Waals surface area contributed by atoms with Gasteiger partial charge in [0.1, 0.15) is 17.1 Å². The molecule has 0 fully saturated rings. The fourth-order valence-electron chi connectivity index (χ4n) is 3.43. The van der Waals surface area contributed by atoms with Crippen LogP contribution in [-0.2, 0) is 11.2 Å². The molecule has 0 saturated carbocycles. The summed E-state index contributed by atoms with van der Waals surface area (Å²) in [6.45, 7) is 15.1. The van der Waals surface area contributed by atoms with Gasteiger partial charge in [0.25, 0.3) is 0 Å². The second-order valence-electron chi connectivity index (χ2n) is 10.5. The molecule has 4 nitrogen and oxygen atoms in total. The smallest absolute Gasteiger partial charge is 0.316 e. The maximum atomic E-state index is 12.4. The summed E-state index contributed by atoms with van der Waals surface area (Å²) in [5.74, 6) is 1.51. The van der Waals surface area contributed by atoms with E-state index in [9.17, 15) is 4.79 Å². The molecule has 1 atom stereocenters. The van der Waals surface area contributed by atoms with Crippen LogP contribution in [-0.4, -0.2) is 43.7 Å². The van der Waals surface area contributed by atoms with Gasteiger partial charge in [0.2, 0.25) is 0 Å². The maximum Gasteiger partial charge on any atom is 0.316 e. The molecule has 2 rings (SSSR count). The van der Waals surface area contributed by atoms with E-state index < -0.39 is 5.41 Å². The van der Waals surface area contributed by atoms with Crippen LogP contribution in [0.3, 0.4) is 0 Å². The second-order valence-corrected chi connectivity index (χ2v) is 10.5. The third-order valence-electron chi connectivity index (χ3n) is 5.68. The Labute approximate surface area is 165 Å². The molecule has 1 aromatic carbocycles. The van der Waals surface area contributed by atoms with Gasteiger partial charge in [0.05, 0.1) is 33.1 Å². The number of hydrogen-bond donors (Lipinski definition) is 0. The lowest BCUT2D eigenvalue weighted by atomic mass is 9.85. The minimum Gasteiger partial charge on any atom is -0.487 e. The van der Waals surface area contributed by atoms with Crippen molar-refractivity contribution in [1.29, 1.82) is 0 Å². The first kappa shape index (κ1) is 21.7. The summed E-state index contributed by atoms with van der Waals surface area (Å²) >= 11 is 0. The Kier molecular flexibility index (Phi) is 5.74. The van der Waals surface area contributed by atoms with E-state index in [0.717, 1.165) is 52.7 Å². The number of benzene rings is 1. The van der Waals surface area contributed by atoms with Gasteiger partial charge in [-0.1, -0.05) is 0 Å². The standard InChI is InChI=1S/C23H38NO3/c1-15-16(2)20-18(17(3)19(15)26-21(25)22(4,5)6)11-12-23(7,27-20)13-14-24(8,9)10/h11-14H2,1-10H3/q+1. The van der Waals surface area contributed by atoms with Gasteiger partial charge in [-0.2, -0.15) is 0 Å². The predicted octanol–water partition coefficient (Wildman–Crippen LogP) is 4.74. The Morgan fingerprint density at radius 2 is 1.70 bits per heavy atom. The van der Waals surface area contributed by atoms with E-state index in [4.69, 9.17) is 9.47 Å². The molecule has 1 unspecified atom stereocenters. The van der Waals surface area contributed by atoms with Gasteiger partial charge >= 0.3 is 5.97 Å². The van der Waals surface area contributed by atoms with Gasteiger partial charge < -0.3 is 14.0 Å². The van der Waals surface area contributed by atoms with Gasteiger partial charge in [-0.05, 0) is 78.0 Å². The summed E-state index contributed by atoms with van der Waals surface area (Å²) in [5, 5.41) is 0. The molecular weight excluding hydrogens is 338 g/mol. The molecule has 4 heteroatoms. The Balaban J connectivity index is 2.37. The highest BCUT2D eigenvalue weighted by Crippen LogP contribution is 2.45. The van der Waals surface area contributed by atoms with E-state index >= 15 is 0 Å². The lowest BCUT2D eigenvalue weighted by Crippen LogP contribution is -2.44. The van der Waals surface area contributed by atoms with Gasteiger partial charge in [-0.15, -0.1) is 0 Å². The van der Waals surface area contributed by atoms with Crippen LogP contribution in [0.4, 0.5) is 0 Å². The molecule has 0 amide bonds. The number of carbonyl (C=O) groups excluding carboxylic acids is 1. The van der Waals surface area contributed by atoms with E-state index in [0.29, 0.717) is 5.75 Å². The number of rotatable bonds is 4. The van der Waals surface area contributed by atoms with Gasteiger partial charge in [-0.25, -0.2) is 0 Å².